The molecule has 0 aliphatic carbocycles. The van der Waals surface area contributed by atoms with Crippen molar-refractivity contribution in [2.75, 3.05) is 18.5 Å². The molecule has 0 aromatic carbocycles. The van der Waals surface area contributed by atoms with Crippen LogP contribution in [-0.4, -0.2) is 34.8 Å². The first kappa shape index (κ1) is 13.1. The molecule has 1 unspecified atom stereocenters. The van der Waals surface area contributed by atoms with E-state index in [1.807, 2.05) is 13.0 Å². The molecule has 0 spiro atoms. The minimum absolute atomic E-state index is 0.0638. The molecule has 0 saturated carbocycles. The Morgan fingerprint density at radius 1 is 1.50 bits per heavy atom. The third kappa shape index (κ3) is 3.57. The van der Waals surface area contributed by atoms with E-state index in [0.29, 0.717) is 18.5 Å². The van der Waals surface area contributed by atoms with E-state index in [9.17, 15) is 0 Å². The van der Waals surface area contributed by atoms with Crippen LogP contribution in [0.3, 0.4) is 0 Å². The Hall–Kier alpha value is -1.36. The predicted octanol–water partition coefficient (Wildman–Crippen LogP) is 2.24. The lowest BCUT2D eigenvalue weighted by molar-refractivity contribution is -0.0553. The van der Waals surface area contributed by atoms with Gasteiger partial charge in [-0.2, -0.15) is 0 Å². The van der Waals surface area contributed by atoms with Crippen LogP contribution in [0.5, 0.6) is 5.88 Å². The highest BCUT2D eigenvalue weighted by Gasteiger charge is 2.28. The van der Waals surface area contributed by atoms with Crippen LogP contribution in [0.15, 0.2) is 12.4 Å². The van der Waals surface area contributed by atoms with Crippen LogP contribution in [0.2, 0.25) is 0 Å². The van der Waals surface area contributed by atoms with Crippen molar-refractivity contribution in [1.82, 2.24) is 9.97 Å². The molecule has 1 aliphatic rings. The Morgan fingerprint density at radius 2 is 2.33 bits per heavy atom. The first-order valence-electron chi connectivity index (χ1n) is 6.44. The molecular formula is C13H21N3O2. The standard InChI is InChI=1S/C13H21N3O2/c1-4-17-12-7-11(14-9-15-12)16-10-5-6-18-13(2,3)8-10/h7,9-10H,4-6,8H2,1-3H3,(H,14,15,16). The fourth-order valence-electron chi connectivity index (χ4n) is 2.21. The summed E-state index contributed by atoms with van der Waals surface area (Å²) in [5.74, 6) is 1.43. The van der Waals surface area contributed by atoms with Gasteiger partial charge in [0.05, 0.1) is 12.2 Å². The average Bonchev–Trinajstić information content (AvgIpc) is 2.28. The van der Waals surface area contributed by atoms with Crippen molar-refractivity contribution in [3.63, 3.8) is 0 Å². The number of ether oxygens (including phenoxy) is 2. The molecule has 1 fully saturated rings. The molecule has 1 aliphatic heterocycles. The average molecular weight is 251 g/mol. The van der Waals surface area contributed by atoms with Crippen LogP contribution in [0, 0.1) is 0 Å². The van der Waals surface area contributed by atoms with Crippen molar-refractivity contribution in [2.45, 2.75) is 45.3 Å². The van der Waals surface area contributed by atoms with Gasteiger partial charge in [0.1, 0.15) is 12.1 Å². The summed E-state index contributed by atoms with van der Waals surface area (Å²) in [6.07, 6.45) is 3.50. The molecule has 1 saturated heterocycles. The molecule has 0 amide bonds. The van der Waals surface area contributed by atoms with Crippen LogP contribution < -0.4 is 10.1 Å². The van der Waals surface area contributed by atoms with Crippen molar-refractivity contribution < 1.29 is 9.47 Å². The quantitative estimate of drug-likeness (QED) is 0.889. The Morgan fingerprint density at radius 3 is 3.06 bits per heavy atom. The van der Waals surface area contributed by atoms with Gasteiger partial charge < -0.3 is 14.8 Å². The second kappa shape index (κ2) is 5.52. The van der Waals surface area contributed by atoms with Crippen molar-refractivity contribution in [2.24, 2.45) is 0 Å². The Balaban J connectivity index is 1.98. The number of rotatable bonds is 4. The number of anilines is 1. The van der Waals surface area contributed by atoms with E-state index in [4.69, 9.17) is 9.47 Å². The highest BCUT2D eigenvalue weighted by atomic mass is 16.5. The summed E-state index contributed by atoms with van der Waals surface area (Å²) in [5.41, 5.74) is -0.0638. The van der Waals surface area contributed by atoms with E-state index in [2.05, 4.69) is 29.1 Å². The molecule has 5 nitrogen and oxygen atoms in total. The minimum Gasteiger partial charge on any atom is -0.478 e. The summed E-state index contributed by atoms with van der Waals surface area (Å²) in [6.45, 7) is 7.57. The number of nitrogens with zero attached hydrogens (tertiary/aromatic N) is 2. The first-order chi connectivity index (χ1) is 8.59. The molecular weight excluding hydrogens is 230 g/mol. The van der Waals surface area contributed by atoms with Crippen LogP contribution in [0.25, 0.3) is 0 Å². The van der Waals surface area contributed by atoms with Crippen LogP contribution in [-0.2, 0) is 4.74 Å². The van der Waals surface area contributed by atoms with Crippen molar-refractivity contribution >= 4 is 5.82 Å². The third-order valence-corrected chi connectivity index (χ3v) is 2.98. The van der Waals surface area contributed by atoms with Gasteiger partial charge in [-0.05, 0) is 33.6 Å². The summed E-state index contributed by atoms with van der Waals surface area (Å²) in [6, 6.07) is 2.23. The summed E-state index contributed by atoms with van der Waals surface area (Å²) in [7, 11) is 0. The van der Waals surface area contributed by atoms with Gasteiger partial charge >= 0.3 is 0 Å². The molecule has 0 bridgehead atoms. The zero-order valence-electron chi connectivity index (χ0n) is 11.3. The van der Waals surface area contributed by atoms with Crippen molar-refractivity contribution in [3.05, 3.63) is 12.4 Å². The highest BCUT2D eigenvalue weighted by Crippen LogP contribution is 2.26. The zero-order valence-corrected chi connectivity index (χ0v) is 11.3. The molecule has 100 valence electrons. The van der Waals surface area contributed by atoms with Gasteiger partial charge in [-0.15, -0.1) is 0 Å². The minimum atomic E-state index is -0.0638. The van der Waals surface area contributed by atoms with Gasteiger partial charge in [-0.25, -0.2) is 9.97 Å². The number of hydrogen-bond donors (Lipinski definition) is 1. The molecule has 2 heterocycles. The van der Waals surface area contributed by atoms with Gasteiger partial charge in [0.2, 0.25) is 5.88 Å². The van der Waals surface area contributed by atoms with E-state index in [-0.39, 0.29) is 5.60 Å². The smallest absolute Gasteiger partial charge is 0.218 e. The zero-order chi connectivity index (χ0) is 13.0. The summed E-state index contributed by atoms with van der Waals surface area (Å²) >= 11 is 0. The van der Waals surface area contributed by atoms with Gasteiger partial charge in [-0.1, -0.05) is 0 Å². The first-order valence-corrected chi connectivity index (χ1v) is 6.44. The van der Waals surface area contributed by atoms with Crippen molar-refractivity contribution in [3.8, 4) is 5.88 Å². The molecule has 1 aromatic rings. The maximum atomic E-state index is 5.70. The molecule has 5 heteroatoms. The Bertz CT molecular complexity index is 396. The van der Waals surface area contributed by atoms with Gasteiger partial charge in [0.25, 0.3) is 0 Å². The van der Waals surface area contributed by atoms with E-state index >= 15 is 0 Å². The lowest BCUT2D eigenvalue weighted by atomic mass is 9.94. The van der Waals surface area contributed by atoms with Gasteiger partial charge in [0, 0.05) is 18.7 Å². The summed E-state index contributed by atoms with van der Waals surface area (Å²) in [5, 5.41) is 3.42. The van der Waals surface area contributed by atoms with Crippen LogP contribution >= 0.6 is 0 Å². The maximum Gasteiger partial charge on any atom is 0.218 e. The lowest BCUT2D eigenvalue weighted by Gasteiger charge is -2.36. The number of nitrogens with one attached hydrogen (secondary N) is 1. The highest BCUT2D eigenvalue weighted by molar-refractivity contribution is 5.38. The molecule has 1 atom stereocenters. The fraction of sp³-hybridized carbons (Fsp3) is 0.692. The molecule has 2 rings (SSSR count). The number of aromatic nitrogens is 2. The SMILES string of the molecule is CCOc1cc(NC2CCOC(C)(C)C2)ncn1. The van der Waals surface area contributed by atoms with Crippen LogP contribution in [0.1, 0.15) is 33.6 Å². The second-order valence-electron chi connectivity index (χ2n) is 5.12. The van der Waals surface area contributed by atoms with Crippen molar-refractivity contribution in [1.29, 1.82) is 0 Å². The molecule has 18 heavy (non-hydrogen) atoms. The topological polar surface area (TPSA) is 56.3 Å². The predicted molar refractivity (Wildman–Crippen MR) is 69.9 cm³/mol. The molecule has 1 aromatic heterocycles. The van der Waals surface area contributed by atoms with E-state index in [1.165, 1.54) is 6.33 Å². The number of hydrogen-bond acceptors (Lipinski definition) is 5. The second-order valence-corrected chi connectivity index (χ2v) is 5.12. The van der Waals surface area contributed by atoms with E-state index < -0.39 is 0 Å². The maximum absolute atomic E-state index is 5.70. The summed E-state index contributed by atoms with van der Waals surface area (Å²) in [4.78, 5) is 8.27. The third-order valence-electron chi connectivity index (χ3n) is 2.98. The van der Waals surface area contributed by atoms with E-state index in [1.54, 1.807) is 0 Å². The Labute approximate surface area is 108 Å². The summed E-state index contributed by atoms with van der Waals surface area (Å²) < 4.78 is 11.1. The fourth-order valence-corrected chi connectivity index (χ4v) is 2.21. The van der Waals surface area contributed by atoms with E-state index in [0.717, 1.165) is 25.3 Å². The van der Waals surface area contributed by atoms with Gasteiger partial charge in [-0.3, -0.25) is 0 Å². The lowest BCUT2D eigenvalue weighted by Crippen LogP contribution is -2.40. The largest absolute Gasteiger partial charge is 0.478 e. The van der Waals surface area contributed by atoms with Gasteiger partial charge in [0.15, 0.2) is 0 Å². The molecule has 1 N–H and O–H groups in total. The van der Waals surface area contributed by atoms with Crippen LogP contribution in [0.4, 0.5) is 5.82 Å². The Kier molecular flexibility index (Phi) is 4.01. The normalized spacial score (nSPS) is 22.5. The monoisotopic (exact) mass is 251 g/mol. The molecule has 0 radical (unpaired) electrons.